The molecule has 5 heteroatoms. The maximum absolute atomic E-state index is 11.5. The molecular formula is C14H17N3OS. The fourth-order valence-corrected chi connectivity index (χ4v) is 2.19. The van der Waals surface area contributed by atoms with E-state index in [0.29, 0.717) is 12.3 Å². The lowest BCUT2D eigenvalue weighted by molar-refractivity contribution is -0.118. The molecule has 19 heavy (non-hydrogen) atoms. The number of thioether (sulfide) groups is 1. The summed E-state index contributed by atoms with van der Waals surface area (Å²) in [6.07, 6.45) is 5.62. The minimum atomic E-state index is 0.0707. The molecule has 0 saturated heterocycles. The number of rotatable bonds is 6. The van der Waals surface area contributed by atoms with E-state index in [4.69, 9.17) is 0 Å². The largest absolute Gasteiger partial charge is 0.351 e. The third-order valence-corrected chi connectivity index (χ3v) is 3.31. The van der Waals surface area contributed by atoms with E-state index in [0.717, 1.165) is 12.1 Å². The van der Waals surface area contributed by atoms with Crippen LogP contribution >= 0.6 is 11.8 Å². The molecular weight excluding hydrogens is 258 g/mol. The Morgan fingerprint density at radius 1 is 1.32 bits per heavy atom. The first-order chi connectivity index (χ1) is 9.29. The smallest absolute Gasteiger partial charge is 0.230 e. The molecule has 2 aromatic rings. The predicted octanol–water partition coefficient (Wildman–Crippen LogP) is 1.91. The van der Waals surface area contributed by atoms with Crippen LogP contribution in [0.5, 0.6) is 0 Å². The van der Waals surface area contributed by atoms with Gasteiger partial charge in [-0.25, -0.2) is 0 Å². The van der Waals surface area contributed by atoms with Gasteiger partial charge in [0.2, 0.25) is 5.91 Å². The summed E-state index contributed by atoms with van der Waals surface area (Å²) in [6, 6.07) is 10.0. The average Bonchev–Trinajstić information content (AvgIpc) is 2.91. The van der Waals surface area contributed by atoms with Crippen molar-refractivity contribution in [1.29, 1.82) is 0 Å². The molecule has 0 saturated carbocycles. The van der Waals surface area contributed by atoms with Gasteiger partial charge in [-0.15, -0.1) is 0 Å². The molecule has 0 bridgehead atoms. The zero-order chi connectivity index (χ0) is 13.5. The topological polar surface area (TPSA) is 46.9 Å². The Hall–Kier alpha value is -1.75. The first kappa shape index (κ1) is 13.7. The lowest BCUT2D eigenvalue weighted by Crippen LogP contribution is -2.25. The zero-order valence-electron chi connectivity index (χ0n) is 10.9. The molecule has 1 amide bonds. The van der Waals surface area contributed by atoms with Gasteiger partial charge >= 0.3 is 0 Å². The van der Waals surface area contributed by atoms with Crippen molar-refractivity contribution in [2.75, 3.05) is 12.0 Å². The molecule has 2 rings (SSSR count). The van der Waals surface area contributed by atoms with Crippen LogP contribution in [-0.4, -0.2) is 27.7 Å². The molecule has 1 heterocycles. The van der Waals surface area contributed by atoms with Crippen LogP contribution in [0.1, 0.15) is 11.1 Å². The molecule has 1 N–H and O–H groups in total. The molecule has 100 valence electrons. The number of nitrogens with one attached hydrogen (secondary N) is 1. The van der Waals surface area contributed by atoms with Gasteiger partial charge in [0.1, 0.15) is 0 Å². The molecule has 1 aromatic carbocycles. The summed E-state index contributed by atoms with van der Waals surface area (Å²) >= 11 is 1.53. The Bertz CT molecular complexity index is 525. The SMILES string of the molecule is CSCC(=O)NCc1ccccc1Cn1cccn1. The van der Waals surface area contributed by atoms with E-state index in [1.165, 1.54) is 17.3 Å². The van der Waals surface area contributed by atoms with Crippen LogP contribution < -0.4 is 5.32 Å². The van der Waals surface area contributed by atoms with Crippen LogP contribution in [0.3, 0.4) is 0 Å². The molecule has 0 spiro atoms. The van der Waals surface area contributed by atoms with E-state index in [9.17, 15) is 4.79 Å². The fraction of sp³-hybridized carbons (Fsp3) is 0.286. The second-order valence-electron chi connectivity index (χ2n) is 4.18. The summed E-state index contributed by atoms with van der Waals surface area (Å²) in [6.45, 7) is 1.29. The monoisotopic (exact) mass is 275 g/mol. The summed E-state index contributed by atoms with van der Waals surface area (Å²) in [5, 5.41) is 7.13. The Labute approximate surface area is 117 Å². The number of hydrogen-bond donors (Lipinski definition) is 1. The molecule has 0 atom stereocenters. The number of aromatic nitrogens is 2. The van der Waals surface area contributed by atoms with E-state index in [2.05, 4.69) is 16.5 Å². The highest BCUT2D eigenvalue weighted by molar-refractivity contribution is 7.99. The maximum Gasteiger partial charge on any atom is 0.230 e. The van der Waals surface area contributed by atoms with E-state index < -0.39 is 0 Å². The van der Waals surface area contributed by atoms with Crippen LogP contribution in [0, 0.1) is 0 Å². The Kier molecular flexibility index (Phi) is 5.03. The molecule has 0 fully saturated rings. The van der Waals surface area contributed by atoms with Crippen LogP contribution in [-0.2, 0) is 17.9 Å². The van der Waals surface area contributed by atoms with Crippen LogP contribution in [0.4, 0.5) is 0 Å². The molecule has 0 aliphatic carbocycles. The second kappa shape index (κ2) is 6.99. The highest BCUT2D eigenvalue weighted by Gasteiger charge is 2.05. The quantitative estimate of drug-likeness (QED) is 0.876. The van der Waals surface area contributed by atoms with E-state index in [1.54, 1.807) is 6.20 Å². The Morgan fingerprint density at radius 2 is 2.11 bits per heavy atom. The Morgan fingerprint density at radius 3 is 2.79 bits per heavy atom. The number of carbonyl (C=O) groups excluding carboxylic acids is 1. The standard InChI is InChI=1S/C14H17N3OS/c1-19-11-14(18)15-9-12-5-2-3-6-13(12)10-17-8-4-7-16-17/h2-8H,9-11H2,1H3,(H,15,18). The third kappa shape index (κ3) is 4.13. The van der Waals surface area contributed by atoms with Gasteiger partial charge in [0.15, 0.2) is 0 Å². The van der Waals surface area contributed by atoms with Crippen LogP contribution in [0.15, 0.2) is 42.7 Å². The summed E-state index contributed by atoms with van der Waals surface area (Å²) < 4.78 is 1.88. The van der Waals surface area contributed by atoms with Gasteiger partial charge in [-0.05, 0) is 23.4 Å². The highest BCUT2D eigenvalue weighted by atomic mass is 32.2. The second-order valence-corrected chi connectivity index (χ2v) is 5.05. The van der Waals surface area contributed by atoms with Crippen molar-refractivity contribution < 1.29 is 4.79 Å². The van der Waals surface area contributed by atoms with E-state index >= 15 is 0 Å². The molecule has 0 unspecified atom stereocenters. The number of benzene rings is 1. The summed E-state index contributed by atoms with van der Waals surface area (Å²) in [5.74, 6) is 0.572. The van der Waals surface area contributed by atoms with Gasteiger partial charge in [0, 0.05) is 18.9 Å². The van der Waals surface area contributed by atoms with E-state index in [-0.39, 0.29) is 5.91 Å². The third-order valence-electron chi connectivity index (χ3n) is 2.76. The van der Waals surface area contributed by atoms with Crippen molar-refractivity contribution >= 4 is 17.7 Å². The maximum atomic E-state index is 11.5. The Balaban J connectivity index is 2.02. The van der Waals surface area contributed by atoms with Crippen molar-refractivity contribution in [3.8, 4) is 0 Å². The summed E-state index contributed by atoms with van der Waals surface area (Å²) in [5.41, 5.74) is 2.31. The molecule has 0 aliphatic heterocycles. The summed E-state index contributed by atoms with van der Waals surface area (Å²) in [7, 11) is 0. The first-order valence-corrected chi connectivity index (χ1v) is 7.49. The number of hydrogen-bond acceptors (Lipinski definition) is 3. The van der Waals surface area contributed by atoms with E-state index in [1.807, 2.05) is 41.4 Å². The van der Waals surface area contributed by atoms with Crippen molar-refractivity contribution in [3.63, 3.8) is 0 Å². The molecule has 0 aliphatic rings. The van der Waals surface area contributed by atoms with Gasteiger partial charge in [0.25, 0.3) is 0 Å². The van der Waals surface area contributed by atoms with Gasteiger partial charge in [-0.3, -0.25) is 9.48 Å². The first-order valence-electron chi connectivity index (χ1n) is 6.09. The number of carbonyl (C=O) groups is 1. The zero-order valence-corrected chi connectivity index (χ0v) is 11.7. The fourth-order valence-electron chi connectivity index (χ4n) is 1.83. The predicted molar refractivity (Wildman–Crippen MR) is 78.0 cm³/mol. The normalized spacial score (nSPS) is 10.4. The van der Waals surface area contributed by atoms with Crippen LogP contribution in [0.25, 0.3) is 0 Å². The average molecular weight is 275 g/mol. The van der Waals surface area contributed by atoms with Gasteiger partial charge < -0.3 is 5.32 Å². The lowest BCUT2D eigenvalue weighted by atomic mass is 10.1. The van der Waals surface area contributed by atoms with Crippen molar-refractivity contribution in [3.05, 3.63) is 53.9 Å². The van der Waals surface area contributed by atoms with Crippen molar-refractivity contribution in [1.82, 2.24) is 15.1 Å². The number of nitrogens with zero attached hydrogens (tertiary/aromatic N) is 2. The van der Waals surface area contributed by atoms with Crippen LogP contribution in [0.2, 0.25) is 0 Å². The molecule has 4 nitrogen and oxygen atoms in total. The highest BCUT2D eigenvalue weighted by Crippen LogP contribution is 2.10. The van der Waals surface area contributed by atoms with Gasteiger partial charge in [-0.2, -0.15) is 16.9 Å². The van der Waals surface area contributed by atoms with Gasteiger partial charge in [-0.1, -0.05) is 24.3 Å². The van der Waals surface area contributed by atoms with Gasteiger partial charge in [0.05, 0.1) is 12.3 Å². The minimum absolute atomic E-state index is 0.0707. The van der Waals surface area contributed by atoms with Crippen molar-refractivity contribution in [2.45, 2.75) is 13.1 Å². The minimum Gasteiger partial charge on any atom is -0.351 e. The lowest BCUT2D eigenvalue weighted by Gasteiger charge is -2.10. The molecule has 0 radical (unpaired) electrons. The summed E-state index contributed by atoms with van der Waals surface area (Å²) in [4.78, 5) is 11.5. The van der Waals surface area contributed by atoms with Crippen molar-refractivity contribution in [2.24, 2.45) is 0 Å². The molecule has 1 aromatic heterocycles. The number of amides is 1.